The average Bonchev–Trinajstić information content (AvgIpc) is 2.66. The van der Waals surface area contributed by atoms with Gasteiger partial charge in [-0.05, 0) is 35.4 Å². The summed E-state index contributed by atoms with van der Waals surface area (Å²) < 4.78 is 4.64. The highest BCUT2D eigenvalue weighted by Crippen LogP contribution is 2.19. The van der Waals surface area contributed by atoms with E-state index in [-0.39, 0.29) is 18.9 Å². The van der Waals surface area contributed by atoms with Gasteiger partial charge in [0.2, 0.25) is 5.91 Å². The zero-order chi connectivity index (χ0) is 19.8. The third-order valence-corrected chi connectivity index (χ3v) is 4.10. The lowest BCUT2D eigenvalue weighted by Gasteiger charge is -2.18. The summed E-state index contributed by atoms with van der Waals surface area (Å²) in [5.74, 6) is -0.685. The molecular formula is C19H20ClN3O4. The molecule has 0 heterocycles. The van der Waals surface area contributed by atoms with E-state index in [1.54, 1.807) is 48.5 Å². The van der Waals surface area contributed by atoms with Gasteiger partial charge in [-0.2, -0.15) is 0 Å². The van der Waals surface area contributed by atoms with Gasteiger partial charge < -0.3 is 21.1 Å². The fourth-order valence-corrected chi connectivity index (χ4v) is 2.58. The Kier molecular flexibility index (Phi) is 7.19. The van der Waals surface area contributed by atoms with Crippen LogP contribution in [0.2, 0.25) is 5.02 Å². The number of benzene rings is 2. The van der Waals surface area contributed by atoms with Gasteiger partial charge in [0.05, 0.1) is 25.1 Å². The van der Waals surface area contributed by atoms with Crippen molar-refractivity contribution >= 4 is 29.5 Å². The molecule has 27 heavy (non-hydrogen) atoms. The van der Waals surface area contributed by atoms with Gasteiger partial charge in [0, 0.05) is 11.6 Å². The fraction of sp³-hybridized carbons (Fsp3) is 0.211. The van der Waals surface area contributed by atoms with E-state index < -0.39 is 18.0 Å². The number of rotatable bonds is 7. The number of ether oxygens (including phenoxy) is 1. The van der Waals surface area contributed by atoms with E-state index in [4.69, 9.17) is 17.3 Å². The number of primary amides is 1. The number of halogens is 1. The van der Waals surface area contributed by atoms with E-state index in [2.05, 4.69) is 15.4 Å². The van der Waals surface area contributed by atoms with Gasteiger partial charge in [-0.1, -0.05) is 35.9 Å². The first kappa shape index (κ1) is 20.3. The second-order valence-electron chi connectivity index (χ2n) is 5.78. The van der Waals surface area contributed by atoms with Crippen molar-refractivity contribution < 1.29 is 19.1 Å². The molecule has 0 unspecified atom stereocenters. The van der Waals surface area contributed by atoms with Crippen molar-refractivity contribution in [3.05, 3.63) is 70.2 Å². The lowest BCUT2D eigenvalue weighted by molar-refractivity contribution is -0.121. The summed E-state index contributed by atoms with van der Waals surface area (Å²) in [5.41, 5.74) is 7.18. The number of esters is 1. The van der Waals surface area contributed by atoms with Crippen LogP contribution in [0, 0.1) is 0 Å². The molecule has 0 aromatic heterocycles. The summed E-state index contributed by atoms with van der Waals surface area (Å²) in [6.07, 6.45) is 0.0187. The molecule has 0 aliphatic heterocycles. The van der Waals surface area contributed by atoms with Crippen molar-refractivity contribution in [2.45, 2.75) is 19.0 Å². The summed E-state index contributed by atoms with van der Waals surface area (Å²) in [7, 11) is 1.31. The molecule has 142 valence electrons. The minimum absolute atomic E-state index is 0.0187. The topological polar surface area (TPSA) is 111 Å². The second-order valence-corrected chi connectivity index (χ2v) is 6.22. The Morgan fingerprint density at radius 3 is 2.26 bits per heavy atom. The summed E-state index contributed by atoms with van der Waals surface area (Å²) in [6.45, 7) is 0.282. The van der Waals surface area contributed by atoms with Crippen molar-refractivity contribution in [1.82, 2.24) is 10.6 Å². The van der Waals surface area contributed by atoms with E-state index >= 15 is 0 Å². The third kappa shape index (κ3) is 6.31. The lowest BCUT2D eigenvalue weighted by Crippen LogP contribution is -2.36. The van der Waals surface area contributed by atoms with Crippen LogP contribution in [0.1, 0.15) is 33.9 Å². The zero-order valence-electron chi connectivity index (χ0n) is 14.7. The van der Waals surface area contributed by atoms with Gasteiger partial charge in [0.15, 0.2) is 0 Å². The Bertz CT molecular complexity index is 807. The number of hydrogen-bond acceptors (Lipinski definition) is 4. The standard InChI is InChI=1S/C19H20ClN3O4/c1-27-18(25)14-4-2-12(3-5-14)11-22-17(24)10-16(23-19(21)26)13-6-8-15(20)9-7-13/h2-9,16H,10-11H2,1H3,(H,22,24)(H3,21,23,26)/t16-/m0/s1. The molecule has 0 radical (unpaired) electrons. The van der Waals surface area contributed by atoms with Gasteiger partial charge in [0.1, 0.15) is 0 Å². The van der Waals surface area contributed by atoms with Gasteiger partial charge in [-0.25, -0.2) is 9.59 Å². The molecule has 0 saturated heterocycles. The Balaban J connectivity index is 1.96. The van der Waals surface area contributed by atoms with E-state index in [1.807, 2.05) is 0 Å². The summed E-state index contributed by atoms with van der Waals surface area (Å²) >= 11 is 5.87. The van der Waals surface area contributed by atoms with Gasteiger partial charge in [-0.15, -0.1) is 0 Å². The molecular weight excluding hydrogens is 370 g/mol. The molecule has 4 N–H and O–H groups in total. The van der Waals surface area contributed by atoms with Crippen LogP contribution in [0.4, 0.5) is 4.79 Å². The highest BCUT2D eigenvalue weighted by Gasteiger charge is 2.17. The van der Waals surface area contributed by atoms with Crippen LogP contribution in [0.25, 0.3) is 0 Å². The second kappa shape index (κ2) is 9.59. The van der Waals surface area contributed by atoms with E-state index in [1.165, 1.54) is 7.11 Å². The normalized spacial score (nSPS) is 11.3. The Morgan fingerprint density at radius 2 is 1.70 bits per heavy atom. The van der Waals surface area contributed by atoms with E-state index in [0.717, 1.165) is 11.1 Å². The number of amides is 3. The predicted molar refractivity (Wildman–Crippen MR) is 101 cm³/mol. The molecule has 2 aromatic rings. The molecule has 8 heteroatoms. The van der Waals surface area contributed by atoms with Crippen LogP contribution in [0.15, 0.2) is 48.5 Å². The van der Waals surface area contributed by atoms with Crippen molar-refractivity contribution in [2.24, 2.45) is 5.73 Å². The number of methoxy groups -OCH3 is 1. The molecule has 7 nitrogen and oxygen atoms in total. The van der Waals surface area contributed by atoms with Crippen LogP contribution in [0.3, 0.4) is 0 Å². The SMILES string of the molecule is COC(=O)c1ccc(CNC(=O)C[C@H](NC(N)=O)c2ccc(Cl)cc2)cc1. The molecule has 1 atom stereocenters. The van der Waals surface area contributed by atoms with E-state index in [9.17, 15) is 14.4 Å². The Labute approximate surface area is 161 Å². The van der Waals surface area contributed by atoms with Crippen LogP contribution in [-0.2, 0) is 16.1 Å². The number of hydrogen-bond donors (Lipinski definition) is 3. The van der Waals surface area contributed by atoms with Crippen LogP contribution in [0.5, 0.6) is 0 Å². The molecule has 0 spiro atoms. The maximum absolute atomic E-state index is 12.3. The Hall–Kier alpha value is -3.06. The highest BCUT2D eigenvalue weighted by molar-refractivity contribution is 6.30. The molecule has 0 aliphatic carbocycles. The van der Waals surface area contributed by atoms with Crippen molar-refractivity contribution in [1.29, 1.82) is 0 Å². The van der Waals surface area contributed by atoms with Crippen molar-refractivity contribution in [3.8, 4) is 0 Å². The molecule has 0 fully saturated rings. The molecule has 0 bridgehead atoms. The van der Waals surface area contributed by atoms with Crippen LogP contribution in [-0.4, -0.2) is 25.0 Å². The molecule has 0 saturated carbocycles. The van der Waals surface area contributed by atoms with Gasteiger partial charge >= 0.3 is 12.0 Å². The smallest absolute Gasteiger partial charge is 0.337 e. The third-order valence-electron chi connectivity index (χ3n) is 3.84. The quantitative estimate of drug-likeness (QED) is 0.632. The number of carbonyl (C=O) groups excluding carboxylic acids is 3. The van der Waals surface area contributed by atoms with Crippen molar-refractivity contribution in [3.63, 3.8) is 0 Å². The molecule has 2 aromatic carbocycles. The predicted octanol–water partition coefficient (Wildman–Crippen LogP) is 2.54. The minimum atomic E-state index is -0.721. The number of carbonyl (C=O) groups is 3. The lowest BCUT2D eigenvalue weighted by atomic mass is 10.0. The number of urea groups is 1. The summed E-state index contributed by atoms with van der Waals surface area (Å²) in [5, 5.41) is 5.88. The summed E-state index contributed by atoms with van der Waals surface area (Å²) in [6, 6.07) is 12.2. The maximum atomic E-state index is 12.3. The number of nitrogens with two attached hydrogens (primary N) is 1. The monoisotopic (exact) mass is 389 g/mol. The number of nitrogens with one attached hydrogen (secondary N) is 2. The van der Waals surface area contributed by atoms with Crippen LogP contribution < -0.4 is 16.4 Å². The van der Waals surface area contributed by atoms with Crippen molar-refractivity contribution in [2.75, 3.05) is 7.11 Å². The first-order chi connectivity index (χ1) is 12.9. The average molecular weight is 390 g/mol. The highest BCUT2D eigenvalue weighted by atomic mass is 35.5. The molecule has 2 rings (SSSR count). The van der Waals surface area contributed by atoms with E-state index in [0.29, 0.717) is 10.6 Å². The first-order valence-electron chi connectivity index (χ1n) is 8.14. The largest absolute Gasteiger partial charge is 0.465 e. The van der Waals surface area contributed by atoms with Gasteiger partial charge in [-0.3, -0.25) is 4.79 Å². The Morgan fingerprint density at radius 1 is 1.07 bits per heavy atom. The minimum Gasteiger partial charge on any atom is -0.465 e. The van der Waals surface area contributed by atoms with Gasteiger partial charge in [0.25, 0.3) is 0 Å². The first-order valence-corrected chi connectivity index (χ1v) is 8.52. The maximum Gasteiger partial charge on any atom is 0.337 e. The fourth-order valence-electron chi connectivity index (χ4n) is 2.45. The molecule has 0 aliphatic rings. The molecule has 3 amide bonds. The summed E-state index contributed by atoms with van der Waals surface area (Å²) in [4.78, 5) is 34.9. The van der Waals surface area contributed by atoms with Crippen LogP contribution >= 0.6 is 11.6 Å². The zero-order valence-corrected chi connectivity index (χ0v) is 15.5.